The maximum atomic E-state index is 2.43. The molecule has 24 heavy (non-hydrogen) atoms. The molecule has 0 aliphatic carbocycles. The van der Waals surface area contributed by atoms with Crippen molar-refractivity contribution in [3.63, 3.8) is 0 Å². The Morgan fingerprint density at radius 1 is 0.417 bits per heavy atom. The molecular formula is C22H48ClN+2. The van der Waals surface area contributed by atoms with Crippen LogP contribution in [-0.2, 0) is 0 Å². The molecule has 0 aliphatic rings. The first-order valence-corrected chi connectivity index (χ1v) is 10.9. The summed E-state index contributed by atoms with van der Waals surface area (Å²) in [6.45, 7) is 7.36. The minimum Gasteiger partial charge on any atom is -0.328 e. The minimum absolute atomic E-state index is 0. The number of rotatable bonds is 18. The van der Waals surface area contributed by atoms with Gasteiger partial charge >= 0.3 is 12.4 Å². The Morgan fingerprint density at radius 3 is 0.958 bits per heavy atom. The van der Waals surface area contributed by atoms with Crippen LogP contribution in [0.2, 0.25) is 0 Å². The van der Waals surface area contributed by atoms with Gasteiger partial charge in [-0.1, -0.05) is 90.9 Å². The van der Waals surface area contributed by atoms with Crippen molar-refractivity contribution in [2.75, 3.05) is 27.2 Å². The monoisotopic (exact) mass is 361 g/mol. The molecule has 0 rings (SSSR count). The molecule has 0 amide bonds. The van der Waals surface area contributed by atoms with Crippen LogP contribution >= 0.6 is 0 Å². The van der Waals surface area contributed by atoms with Crippen LogP contribution < -0.4 is 0 Å². The van der Waals surface area contributed by atoms with Gasteiger partial charge in [0.15, 0.2) is 0 Å². The van der Waals surface area contributed by atoms with E-state index in [0.29, 0.717) is 0 Å². The van der Waals surface area contributed by atoms with Gasteiger partial charge in [0.1, 0.15) is 0 Å². The predicted molar refractivity (Wildman–Crippen MR) is 107 cm³/mol. The summed E-state index contributed by atoms with van der Waals surface area (Å²) in [5.41, 5.74) is 0. The average molecular weight is 362 g/mol. The zero-order chi connectivity index (χ0) is 17.2. The third-order valence-electron chi connectivity index (χ3n) is 5.23. The van der Waals surface area contributed by atoms with Crippen molar-refractivity contribution in [3.05, 3.63) is 0 Å². The van der Waals surface area contributed by atoms with Crippen LogP contribution in [-0.4, -0.2) is 31.7 Å². The minimum atomic E-state index is 0. The molecule has 0 aromatic carbocycles. The fourth-order valence-electron chi connectivity index (χ4n) is 3.46. The first-order chi connectivity index (χ1) is 11.1. The summed E-state index contributed by atoms with van der Waals surface area (Å²) in [6.07, 6.45) is 23.0. The Labute approximate surface area is 161 Å². The predicted octanol–water partition coefficient (Wildman–Crippen LogP) is 7.34. The van der Waals surface area contributed by atoms with Crippen molar-refractivity contribution in [3.8, 4) is 0 Å². The SMILES string of the molecule is CCCCCCCCCC[N+](C)(C)CCCCCCCCCC.[Cl+]. The maximum Gasteiger partial charge on any atom is 1.00 e. The smallest absolute Gasteiger partial charge is 0.328 e. The van der Waals surface area contributed by atoms with Crippen molar-refractivity contribution >= 4 is 0 Å². The molecule has 146 valence electrons. The highest BCUT2D eigenvalue weighted by Gasteiger charge is 2.13. The van der Waals surface area contributed by atoms with Gasteiger partial charge in [-0.25, -0.2) is 0 Å². The maximum absolute atomic E-state index is 2.43. The second-order valence-electron chi connectivity index (χ2n) is 8.33. The topological polar surface area (TPSA) is 0 Å². The van der Waals surface area contributed by atoms with Crippen molar-refractivity contribution in [1.29, 1.82) is 0 Å². The van der Waals surface area contributed by atoms with E-state index in [0.717, 1.165) is 0 Å². The highest BCUT2D eigenvalue weighted by atomic mass is 35.5. The Kier molecular flexibility index (Phi) is 21.6. The lowest BCUT2D eigenvalue weighted by molar-refractivity contribution is -0.890. The zero-order valence-corrected chi connectivity index (χ0v) is 18.3. The van der Waals surface area contributed by atoms with Gasteiger partial charge in [-0.3, -0.25) is 0 Å². The van der Waals surface area contributed by atoms with E-state index in [9.17, 15) is 0 Å². The first kappa shape index (κ1) is 26.5. The van der Waals surface area contributed by atoms with Crippen LogP contribution in [0, 0.1) is 12.4 Å². The number of quaternary nitrogens is 1. The van der Waals surface area contributed by atoms with E-state index in [1.165, 1.54) is 120 Å². The van der Waals surface area contributed by atoms with Gasteiger partial charge in [0.05, 0.1) is 27.2 Å². The molecule has 0 aromatic rings. The fourth-order valence-corrected chi connectivity index (χ4v) is 3.46. The summed E-state index contributed by atoms with van der Waals surface area (Å²) < 4.78 is 1.24. The van der Waals surface area contributed by atoms with Gasteiger partial charge in [-0.15, -0.1) is 0 Å². The average Bonchev–Trinajstić information content (AvgIpc) is 2.52. The zero-order valence-electron chi connectivity index (χ0n) is 17.6. The fraction of sp³-hybridized carbons (Fsp3) is 1.00. The normalized spacial score (nSPS) is 11.5. The number of nitrogens with zero attached hydrogens (tertiary/aromatic N) is 1. The number of hydrogen-bond donors (Lipinski definition) is 0. The lowest BCUT2D eigenvalue weighted by Crippen LogP contribution is -2.41. The molecule has 2 heteroatoms. The Morgan fingerprint density at radius 2 is 0.667 bits per heavy atom. The van der Waals surface area contributed by atoms with Gasteiger partial charge in [0.25, 0.3) is 0 Å². The van der Waals surface area contributed by atoms with E-state index in [-0.39, 0.29) is 12.4 Å². The summed E-state index contributed by atoms with van der Waals surface area (Å²) in [7, 11) is 4.87. The molecule has 0 spiro atoms. The van der Waals surface area contributed by atoms with Gasteiger partial charge in [0.2, 0.25) is 0 Å². The van der Waals surface area contributed by atoms with E-state index < -0.39 is 0 Å². The van der Waals surface area contributed by atoms with E-state index in [1.807, 2.05) is 0 Å². The van der Waals surface area contributed by atoms with Crippen LogP contribution in [0.3, 0.4) is 0 Å². The van der Waals surface area contributed by atoms with Crippen molar-refractivity contribution in [2.24, 2.45) is 0 Å². The quantitative estimate of drug-likeness (QED) is 0.177. The molecular weight excluding hydrogens is 314 g/mol. The summed E-state index contributed by atoms with van der Waals surface area (Å²) >= 11 is 0. The molecule has 0 saturated carbocycles. The summed E-state index contributed by atoms with van der Waals surface area (Å²) in [5, 5.41) is 0. The molecule has 2 radical (unpaired) electrons. The van der Waals surface area contributed by atoms with Crippen LogP contribution in [0.5, 0.6) is 0 Å². The Hall–Kier alpha value is 0.250. The molecule has 1 nitrogen and oxygen atoms in total. The van der Waals surface area contributed by atoms with E-state index in [2.05, 4.69) is 27.9 Å². The van der Waals surface area contributed by atoms with E-state index in [1.54, 1.807) is 0 Å². The summed E-state index contributed by atoms with van der Waals surface area (Å²) in [4.78, 5) is 0. The van der Waals surface area contributed by atoms with Crippen LogP contribution in [0.15, 0.2) is 0 Å². The highest BCUT2D eigenvalue weighted by molar-refractivity contribution is 4.48. The third-order valence-corrected chi connectivity index (χ3v) is 5.23. The van der Waals surface area contributed by atoms with E-state index in [4.69, 9.17) is 0 Å². The molecule has 0 N–H and O–H groups in total. The molecule has 0 saturated heterocycles. The molecule has 0 atom stereocenters. The molecule has 0 bridgehead atoms. The molecule has 0 unspecified atom stereocenters. The summed E-state index contributed by atoms with van der Waals surface area (Å²) in [5.74, 6) is 0. The van der Waals surface area contributed by atoms with Gasteiger partial charge in [-0.2, -0.15) is 0 Å². The number of hydrogen-bond acceptors (Lipinski definition) is 0. The van der Waals surface area contributed by atoms with E-state index >= 15 is 0 Å². The van der Waals surface area contributed by atoms with Gasteiger partial charge in [0, 0.05) is 0 Å². The van der Waals surface area contributed by atoms with Crippen molar-refractivity contribution in [2.45, 2.75) is 117 Å². The second kappa shape index (κ2) is 19.6. The first-order valence-electron chi connectivity index (χ1n) is 10.9. The van der Waals surface area contributed by atoms with Gasteiger partial charge < -0.3 is 4.48 Å². The molecule has 0 heterocycles. The lowest BCUT2D eigenvalue weighted by Gasteiger charge is -2.30. The molecule has 0 fully saturated rings. The van der Waals surface area contributed by atoms with Crippen LogP contribution in [0.1, 0.15) is 117 Å². The second-order valence-corrected chi connectivity index (χ2v) is 8.33. The third kappa shape index (κ3) is 20.3. The Bertz CT molecular complexity index is 206. The summed E-state index contributed by atoms with van der Waals surface area (Å²) in [6, 6.07) is 0. The largest absolute Gasteiger partial charge is 1.00 e. The van der Waals surface area contributed by atoms with Crippen LogP contribution in [0.4, 0.5) is 0 Å². The lowest BCUT2D eigenvalue weighted by atomic mass is 10.1. The Balaban J connectivity index is 0. The van der Waals surface area contributed by atoms with Crippen molar-refractivity contribution < 1.29 is 16.9 Å². The van der Waals surface area contributed by atoms with Crippen LogP contribution in [0.25, 0.3) is 0 Å². The van der Waals surface area contributed by atoms with Crippen molar-refractivity contribution in [1.82, 2.24) is 0 Å². The standard InChI is InChI=1S/C22H48N.Cl/c1-5-7-9-11-13-15-17-19-21-23(3,4)22-20-18-16-14-12-10-8-6-2;/h5-22H2,1-4H3;/q2*+1. The molecule has 0 aromatic heterocycles. The van der Waals surface area contributed by atoms with Gasteiger partial charge in [-0.05, 0) is 25.7 Å². The number of unbranched alkanes of at least 4 members (excludes halogenated alkanes) is 14. The number of halogens is 1. The highest BCUT2D eigenvalue weighted by Crippen LogP contribution is 2.13. The molecule has 0 aliphatic heterocycles.